The Labute approximate surface area is 141 Å². The van der Waals surface area contributed by atoms with E-state index in [1.807, 2.05) is 4.90 Å². The maximum Gasteiger partial charge on any atom is 0.220 e. The molecule has 1 saturated heterocycles. The van der Waals surface area contributed by atoms with Crippen LogP contribution < -0.4 is 5.32 Å². The molecule has 0 aromatic carbocycles. The fraction of sp³-hybridized carbons (Fsp3) is 0.895. The van der Waals surface area contributed by atoms with E-state index in [1.165, 1.54) is 19.3 Å². The molecule has 2 aliphatic rings. The van der Waals surface area contributed by atoms with Gasteiger partial charge in [-0.1, -0.05) is 19.3 Å². The molecular weight excluding hydrogens is 288 g/mol. The molecule has 1 saturated carbocycles. The smallest absolute Gasteiger partial charge is 0.220 e. The van der Waals surface area contributed by atoms with Crippen molar-refractivity contribution in [2.45, 2.75) is 103 Å². The molecule has 1 heterocycles. The molecule has 0 aromatic rings. The number of piperidine rings is 1. The van der Waals surface area contributed by atoms with Gasteiger partial charge in [0.2, 0.25) is 11.8 Å². The average molecular weight is 322 g/mol. The predicted octanol–water partition coefficient (Wildman–Crippen LogP) is 3.64. The lowest BCUT2D eigenvalue weighted by molar-refractivity contribution is -0.149. The topological polar surface area (TPSA) is 49.4 Å². The van der Waals surface area contributed by atoms with Gasteiger partial charge in [0.1, 0.15) is 0 Å². The van der Waals surface area contributed by atoms with Gasteiger partial charge in [-0.3, -0.25) is 9.59 Å². The van der Waals surface area contributed by atoms with Crippen molar-refractivity contribution in [2.75, 3.05) is 0 Å². The minimum Gasteiger partial charge on any atom is -0.353 e. The molecule has 2 amide bonds. The lowest BCUT2D eigenvalue weighted by atomic mass is 9.72. The third kappa shape index (κ3) is 4.48. The third-order valence-corrected chi connectivity index (χ3v) is 5.55. The molecule has 1 aliphatic carbocycles. The third-order valence-electron chi connectivity index (χ3n) is 5.55. The second kappa shape index (κ2) is 6.82. The zero-order valence-electron chi connectivity index (χ0n) is 15.6. The summed E-state index contributed by atoms with van der Waals surface area (Å²) in [6, 6.07) is 0.384. The van der Waals surface area contributed by atoms with Crippen molar-refractivity contribution >= 4 is 11.8 Å². The molecule has 0 atom stereocenters. The van der Waals surface area contributed by atoms with Crippen LogP contribution in [0.4, 0.5) is 0 Å². The number of carbonyl (C=O) groups excluding carboxylic acids is 2. The van der Waals surface area contributed by atoms with Crippen molar-refractivity contribution in [2.24, 2.45) is 5.92 Å². The first-order valence-corrected chi connectivity index (χ1v) is 9.22. The number of nitrogens with zero attached hydrogens (tertiary/aromatic N) is 1. The van der Waals surface area contributed by atoms with Crippen LogP contribution in [-0.4, -0.2) is 33.8 Å². The zero-order chi connectivity index (χ0) is 17.3. The van der Waals surface area contributed by atoms with Gasteiger partial charge in [0.15, 0.2) is 0 Å². The first-order chi connectivity index (χ1) is 10.6. The summed E-state index contributed by atoms with van der Waals surface area (Å²) in [7, 11) is 0. The van der Waals surface area contributed by atoms with E-state index in [4.69, 9.17) is 0 Å². The largest absolute Gasteiger partial charge is 0.353 e. The number of amides is 2. The molecule has 4 nitrogen and oxygen atoms in total. The van der Waals surface area contributed by atoms with Gasteiger partial charge in [-0.25, -0.2) is 0 Å². The summed E-state index contributed by atoms with van der Waals surface area (Å²) < 4.78 is 0. The summed E-state index contributed by atoms with van der Waals surface area (Å²) in [5.41, 5.74) is -0.382. The number of hydrogen-bond donors (Lipinski definition) is 1. The molecule has 1 aliphatic heterocycles. The van der Waals surface area contributed by atoms with E-state index in [-0.39, 0.29) is 22.9 Å². The average Bonchev–Trinajstić information content (AvgIpc) is 2.35. The molecule has 4 heteroatoms. The summed E-state index contributed by atoms with van der Waals surface area (Å²) >= 11 is 0. The zero-order valence-corrected chi connectivity index (χ0v) is 15.6. The van der Waals surface area contributed by atoms with Gasteiger partial charge in [0.05, 0.1) is 0 Å². The van der Waals surface area contributed by atoms with Gasteiger partial charge in [-0.15, -0.1) is 0 Å². The van der Waals surface area contributed by atoms with E-state index >= 15 is 0 Å². The van der Waals surface area contributed by atoms with Gasteiger partial charge in [0.25, 0.3) is 0 Å². The molecule has 2 rings (SSSR count). The highest BCUT2D eigenvalue weighted by Gasteiger charge is 2.46. The molecule has 0 bridgehead atoms. The van der Waals surface area contributed by atoms with Crippen LogP contribution in [0.5, 0.6) is 0 Å². The first kappa shape index (κ1) is 18.3. The minimum atomic E-state index is -0.191. The second-order valence-electron chi connectivity index (χ2n) is 8.86. The Hall–Kier alpha value is -1.06. The van der Waals surface area contributed by atoms with Crippen molar-refractivity contribution in [3.8, 4) is 0 Å². The maximum atomic E-state index is 12.4. The van der Waals surface area contributed by atoms with Crippen LogP contribution >= 0.6 is 0 Å². The number of nitrogens with one attached hydrogen (secondary N) is 1. The van der Waals surface area contributed by atoms with Crippen LogP contribution in [0.25, 0.3) is 0 Å². The van der Waals surface area contributed by atoms with Gasteiger partial charge in [-0.05, 0) is 59.3 Å². The van der Waals surface area contributed by atoms with E-state index in [2.05, 4.69) is 33.0 Å². The van der Waals surface area contributed by atoms with Gasteiger partial charge in [-0.2, -0.15) is 0 Å². The Bertz CT molecular complexity index is 432. The SMILES string of the molecule is CC(=O)N1C(C)(C)CC(CC(=O)NC2CCCCC2)CC1(C)C. The maximum absolute atomic E-state index is 12.4. The number of likely N-dealkylation sites (tertiary alicyclic amines) is 1. The van der Waals surface area contributed by atoms with Crippen molar-refractivity contribution in [3.63, 3.8) is 0 Å². The van der Waals surface area contributed by atoms with Crippen molar-refractivity contribution < 1.29 is 9.59 Å². The fourth-order valence-electron chi connectivity index (χ4n) is 5.28. The molecule has 1 N–H and O–H groups in total. The van der Waals surface area contributed by atoms with Crippen LogP contribution in [0.2, 0.25) is 0 Å². The highest BCUT2D eigenvalue weighted by atomic mass is 16.2. The molecule has 132 valence electrons. The summed E-state index contributed by atoms with van der Waals surface area (Å²) in [6.07, 6.45) is 8.43. The highest BCUT2D eigenvalue weighted by Crippen LogP contribution is 2.42. The van der Waals surface area contributed by atoms with E-state index < -0.39 is 0 Å². The molecule has 0 radical (unpaired) electrons. The van der Waals surface area contributed by atoms with Crippen LogP contribution in [0.15, 0.2) is 0 Å². The van der Waals surface area contributed by atoms with E-state index in [9.17, 15) is 9.59 Å². The quantitative estimate of drug-likeness (QED) is 0.862. The number of rotatable bonds is 3. The Morgan fingerprint density at radius 3 is 2.00 bits per heavy atom. The van der Waals surface area contributed by atoms with Crippen LogP contribution in [0.1, 0.15) is 86.0 Å². The molecular formula is C19H34N2O2. The van der Waals surface area contributed by atoms with Crippen LogP contribution in [-0.2, 0) is 9.59 Å². The van der Waals surface area contributed by atoms with E-state index in [1.54, 1.807) is 6.92 Å². The van der Waals surface area contributed by atoms with Crippen molar-refractivity contribution in [1.82, 2.24) is 10.2 Å². The van der Waals surface area contributed by atoms with E-state index in [0.717, 1.165) is 25.7 Å². The van der Waals surface area contributed by atoms with Gasteiger partial charge in [0, 0.05) is 30.5 Å². The standard InChI is InChI=1S/C19H34N2O2/c1-14(22)21-18(2,3)12-15(13-19(21,4)5)11-17(23)20-16-9-7-6-8-10-16/h15-16H,6-13H2,1-5H3,(H,20,23). The Balaban J connectivity index is 1.96. The summed E-state index contributed by atoms with van der Waals surface area (Å²) in [5.74, 6) is 0.675. The Morgan fingerprint density at radius 1 is 1.00 bits per heavy atom. The van der Waals surface area contributed by atoms with Crippen molar-refractivity contribution in [3.05, 3.63) is 0 Å². The predicted molar refractivity (Wildman–Crippen MR) is 93.0 cm³/mol. The number of hydrogen-bond acceptors (Lipinski definition) is 2. The first-order valence-electron chi connectivity index (χ1n) is 9.22. The van der Waals surface area contributed by atoms with Crippen LogP contribution in [0, 0.1) is 5.92 Å². The lowest BCUT2D eigenvalue weighted by Gasteiger charge is -2.55. The molecule has 0 unspecified atom stereocenters. The van der Waals surface area contributed by atoms with E-state index in [0.29, 0.717) is 18.4 Å². The summed E-state index contributed by atoms with van der Waals surface area (Å²) in [5, 5.41) is 3.24. The normalized spacial score (nSPS) is 25.2. The monoisotopic (exact) mass is 322 g/mol. The Morgan fingerprint density at radius 2 is 1.52 bits per heavy atom. The lowest BCUT2D eigenvalue weighted by Crippen LogP contribution is -2.62. The number of carbonyl (C=O) groups is 2. The van der Waals surface area contributed by atoms with Crippen LogP contribution in [0.3, 0.4) is 0 Å². The second-order valence-corrected chi connectivity index (χ2v) is 8.86. The van der Waals surface area contributed by atoms with Gasteiger partial charge >= 0.3 is 0 Å². The Kier molecular flexibility index (Phi) is 5.42. The minimum absolute atomic E-state index is 0.130. The molecule has 2 fully saturated rings. The fourth-order valence-corrected chi connectivity index (χ4v) is 5.28. The molecule has 0 aromatic heterocycles. The highest BCUT2D eigenvalue weighted by molar-refractivity contribution is 5.77. The van der Waals surface area contributed by atoms with Crippen molar-refractivity contribution in [1.29, 1.82) is 0 Å². The molecule has 0 spiro atoms. The summed E-state index contributed by atoms with van der Waals surface area (Å²) in [6.45, 7) is 10.2. The van der Waals surface area contributed by atoms with Gasteiger partial charge < -0.3 is 10.2 Å². The summed E-state index contributed by atoms with van der Waals surface area (Å²) in [4.78, 5) is 26.5. The molecule has 23 heavy (non-hydrogen) atoms.